The predicted octanol–water partition coefficient (Wildman–Crippen LogP) is 1.86. The molecule has 0 saturated carbocycles. The summed E-state index contributed by atoms with van der Waals surface area (Å²) >= 11 is 0. The second-order valence-electron chi connectivity index (χ2n) is 3.11. The smallest absolute Gasteiger partial charge is 0.411 e. The molecule has 0 aliphatic rings. The molecular formula is C10H10N2O6. The number of anilines is 1. The number of amides is 1. The molecule has 8 nitrogen and oxygen atoms in total. The van der Waals surface area contributed by atoms with Crippen molar-refractivity contribution in [3.8, 4) is 0 Å². The predicted molar refractivity (Wildman–Crippen MR) is 60.7 cm³/mol. The van der Waals surface area contributed by atoms with E-state index in [1.165, 1.54) is 12.1 Å². The van der Waals surface area contributed by atoms with Gasteiger partial charge in [0.15, 0.2) is 5.56 Å². The van der Waals surface area contributed by atoms with Crippen LogP contribution < -0.4 is 5.32 Å². The zero-order chi connectivity index (χ0) is 13.7. The standard InChI is InChI=1S/C10H10N2O6/c1-2-18-10(15)11-6-4-3-5-7(12(16)17)8(6)9(13)14/h3-5H,2H2,1H3,(H,11,15)(H,13,14). The molecule has 0 saturated heterocycles. The summed E-state index contributed by atoms with van der Waals surface area (Å²) in [6, 6.07) is 3.55. The van der Waals surface area contributed by atoms with Gasteiger partial charge in [-0.15, -0.1) is 0 Å². The van der Waals surface area contributed by atoms with E-state index in [0.717, 1.165) is 6.07 Å². The highest BCUT2D eigenvalue weighted by Gasteiger charge is 2.24. The van der Waals surface area contributed by atoms with Crippen LogP contribution >= 0.6 is 0 Å². The normalized spacial score (nSPS) is 9.61. The third kappa shape index (κ3) is 2.94. The summed E-state index contributed by atoms with van der Waals surface area (Å²) in [6.45, 7) is 1.67. The molecule has 0 atom stereocenters. The van der Waals surface area contributed by atoms with E-state index >= 15 is 0 Å². The molecule has 0 heterocycles. The maximum Gasteiger partial charge on any atom is 0.411 e. The number of hydrogen-bond donors (Lipinski definition) is 2. The molecule has 1 aromatic carbocycles. The lowest BCUT2D eigenvalue weighted by Crippen LogP contribution is -2.16. The van der Waals surface area contributed by atoms with Crippen molar-refractivity contribution in [1.29, 1.82) is 0 Å². The summed E-state index contributed by atoms with van der Waals surface area (Å²) in [6.07, 6.45) is -0.875. The first-order chi connectivity index (χ1) is 8.47. The SMILES string of the molecule is CCOC(=O)Nc1cccc([N+](=O)[O-])c1C(=O)O. The highest BCUT2D eigenvalue weighted by molar-refractivity contribution is 6.02. The van der Waals surface area contributed by atoms with Gasteiger partial charge in [-0.05, 0) is 13.0 Å². The molecule has 1 aromatic rings. The van der Waals surface area contributed by atoms with Gasteiger partial charge in [0, 0.05) is 6.07 Å². The number of carboxylic acids is 1. The van der Waals surface area contributed by atoms with Crippen molar-refractivity contribution in [2.45, 2.75) is 6.92 Å². The van der Waals surface area contributed by atoms with Crippen LogP contribution in [0.4, 0.5) is 16.2 Å². The van der Waals surface area contributed by atoms with Crippen LogP contribution in [-0.2, 0) is 4.74 Å². The molecule has 18 heavy (non-hydrogen) atoms. The lowest BCUT2D eigenvalue weighted by atomic mass is 10.1. The third-order valence-electron chi connectivity index (χ3n) is 1.97. The number of hydrogen-bond acceptors (Lipinski definition) is 5. The number of rotatable bonds is 4. The van der Waals surface area contributed by atoms with Crippen molar-refractivity contribution in [2.75, 3.05) is 11.9 Å². The second-order valence-corrected chi connectivity index (χ2v) is 3.11. The molecule has 0 aromatic heterocycles. The topological polar surface area (TPSA) is 119 Å². The molecule has 1 rings (SSSR count). The van der Waals surface area contributed by atoms with Crippen molar-refractivity contribution >= 4 is 23.4 Å². The van der Waals surface area contributed by atoms with E-state index in [1.54, 1.807) is 6.92 Å². The first kappa shape index (κ1) is 13.4. The number of ether oxygens (including phenoxy) is 1. The van der Waals surface area contributed by atoms with Gasteiger partial charge in [-0.1, -0.05) is 6.07 Å². The number of carbonyl (C=O) groups excluding carboxylic acids is 1. The summed E-state index contributed by atoms with van der Waals surface area (Å²) in [4.78, 5) is 32.0. The molecule has 0 spiro atoms. The minimum atomic E-state index is -1.51. The van der Waals surface area contributed by atoms with Crippen molar-refractivity contribution in [3.05, 3.63) is 33.9 Å². The minimum absolute atomic E-state index is 0.100. The van der Waals surface area contributed by atoms with Crippen molar-refractivity contribution in [3.63, 3.8) is 0 Å². The largest absolute Gasteiger partial charge is 0.477 e. The third-order valence-corrected chi connectivity index (χ3v) is 1.97. The molecule has 0 bridgehead atoms. The summed E-state index contributed by atoms with van der Waals surface area (Å²) in [7, 11) is 0. The molecule has 8 heteroatoms. The van der Waals surface area contributed by atoms with Gasteiger partial charge in [0.1, 0.15) is 0 Å². The van der Waals surface area contributed by atoms with Crippen molar-refractivity contribution < 1.29 is 24.4 Å². The van der Waals surface area contributed by atoms with E-state index in [4.69, 9.17) is 5.11 Å². The minimum Gasteiger partial charge on any atom is -0.477 e. The fourth-order valence-corrected chi connectivity index (χ4v) is 1.30. The Bertz CT molecular complexity index is 499. The van der Waals surface area contributed by atoms with Gasteiger partial charge < -0.3 is 9.84 Å². The van der Waals surface area contributed by atoms with Gasteiger partial charge in [0.05, 0.1) is 17.2 Å². The molecule has 0 aliphatic carbocycles. The van der Waals surface area contributed by atoms with Crippen LogP contribution in [0.15, 0.2) is 18.2 Å². The maximum atomic E-state index is 11.2. The number of nitro groups is 1. The molecule has 2 N–H and O–H groups in total. The number of carbonyl (C=O) groups is 2. The van der Waals surface area contributed by atoms with Crippen LogP contribution in [0.1, 0.15) is 17.3 Å². The quantitative estimate of drug-likeness (QED) is 0.625. The molecule has 96 valence electrons. The zero-order valence-corrected chi connectivity index (χ0v) is 9.37. The summed E-state index contributed by atoms with van der Waals surface area (Å²) in [5, 5.41) is 21.8. The molecule has 1 amide bonds. The number of nitrogens with one attached hydrogen (secondary N) is 1. The number of nitro benzene ring substituents is 1. The highest BCUT2D eigenvalue weighted by Crippen LogP contribution is 2.26. The Kier molecular flexibility index (Phi) is 4.19. The van der Waals surface area contributed by atoms with Crippen LogP contribution in [0, 0.1) is 10.1 Å². The van der Waals surface area contributed by atoms with E-state index in [9.17, 15) is 19.7 Å². The Morgan fingerprint density at radius 2 is 2.17 bits per heavy atom. The summed E-state index contributed by atoms with van der Waals surface area (Å²) in [5.41, 5.74) is -1.37. The first-order valence-electron chi connectivity index (χ1n) is 4.91. The van der Waals surface area contributed by atoms with Gasteiger partial charge in [0.2, 0.25) is 0 Å². The molecule has 0 fully saturated rings. The van der Waals surface area contributed by atoms with Crippen LogP contribution in [0.5, 0.6) is 0 Å². The maximum absolute atomic E-state index is 11.2. The van der Waals surface area contributed by atoms with Crippen molar-refractivity contribution in [1.82, 2.24) is 0 Å². The van der Waals surface area contributed by atoms with Gasteiger partial charge in [0.25, 0.3) is 5.69 Å². The van der Waals surface area contributed by atoms with E-state index in [2.05, 4.69) is 10.1 Å². The summed E-state index contributed by atoms with van der Waals surface area (Å²) < 4.78 is 4.57. The van der Waals surface area contributed by atoms with E-state index in [0.29, 0.717) is 0 Å². The number of nitrogens with zero attached hydrogens (tertiary/aromatic N) is 1. The van der Waals surface area contributed by atoms with Crippen molar-refractivity contribution in [2.24, 2.45) is 0 Å². The molecular weight excluding hydrogens is 244 g/mol. The Morgan fingerprint density at radius 3 is 2.67 bits per heavy atom. The van der Waals surface area contributed by atoms with Crippen LogP contribution in [0.3, 0.4) is 0 Å². The monoisotopic (exact) mass is 254 g/mol. The van der Waals surface area contributed by atoms with Crippen LogP contribution in [-0.4, -0.2) is 28.7 Å². The second kappa shape index (κ2) is 5.62. The van der Waals surface area contributed by atoms with Gasteiger partial charge in [-0.2, -0.15) is 0 Å². The number of benzene rings is 1. The van der Waals surface area contributed by atoms with Gasteiger partial charge in [-0.3, -0.25) is 15.4 Å². The molecule has 0 radical (unpaired) electrons. The van der Waals surface area contributed by atoms with Gasteiger partial charge in [-0.25, -0.2) is 9.59 Å². The summed E-state index contributed by atoms with van der Waals surface area (Å²) in [5.74, 6) is -1.51. The Labute approximate surface area is 101 Å². The van der Waals surface area contributed by atoms with E-state index in [-0.39, 0.29) is 12.3 Å². The van der Waals surface area contributed by atoms with E-state index in [1.807, 2.05) is 0 Å². The van der Waals surface area contributed by atoms with Crippen LogP contribution in [0.25, 0.3) is 0 Å². The van der Waals surface area contributed by atoms with Gasteiger partial charge >= 0.3 is 12.1 Å². The fraction of sp³-hybridized carbons (Fsp3) is 0.200. The van der Waals surface area contributed by atoms with E-state index < -0.39 is 28.2 Å². The Hall–Kier alpha value is -2.64. The highest BCUT2D eigenvalue weighted by atomic mass is 16.6. The zero-order valence-electron chi connectivity index (χ0n) is 9.37. The average molecular weight is 254 g/mol. The lowest BCUT2D eigenvalue weighted by Gasteiger charge is -2.08. The lowest BCUT2D eigenvalue weighted by molar-refractivity contribution is -0.385. The first-order valence-corrected chi connectivity index (χ1v) is 4.91. The molecule has 0 unspecified atom stereocenters. The Balaban J connectivity index is 3.19. The number of aromatic carboxylic acids is 1. The fourth-order valence-electron chi connectivity index (χ4n) is 1.30. The molecule has 0 aliphatic heterocycles. The Morgan fingerprint density at radius 1 is 1.50 bits per heavy atom. The van der Waals surface area contributed by atoms with Crippen LogP contribution in [0.2, 0.25) is 0 Å². The number of carboxylic acid groups (broad SMARTS) is 1. The average Bonchev–Trinajstić information content (AvgIpc) is 2.28.